The molecule has 0 aliphatic carbocycles. The van der Waals surface area contributed by atoms with Crippen LogP contribution >= 0.6 is 22.6 Å². The van der Waals surface area contributed by atoms with Crippen LogP contribution in [0.2, 0.25) is 0 Å². The van der Waals surface area contributed by atoms with Gasteiger partial charge in [0.15, 0.2) is 0 Å². The van der Waals surface area contributed by atoms with Crippen molar-refractivity contribution >= 4 is 22.6 Å². The summed E-state index contributed by atoms with van der Waals surface area (Å²) in [7, 11) is 0. The predicted molar refractivity (Wildman–Crippen MR) is 62.7 cm³/mol. The van der Waals surface area contributed by atoms with E-state index in [1.807, 2.05) is 12.1 Å². The number of phenols is 1. The van der Waals surface area contributed by atoms with Crippen LogP contribution in [-0.4, -0.2) is 5.11 Å². The average Bonchev–Trinajstić information content (AvgIpc) is 2.04. The van der Waals surface area contributed by atoms with E-state index in [1.165, 1.54) is 0 Å². The number of hydrogen-bond acceptors (Lipinski definition) is 2. The molecule has 0 fully saturated rings. The molecule has 1 unspecified atom stereocenters. The highest BCUT2D eigenvalue weighted by molar-refractivity contribution is 14.1. The number of nitrogens with two attached hydrogens (primary N) is 1. The molecule has 0 saturated heterocycles. The van der Waals surface area contributed by atoms with Crippen molar-refractivity contribution in [1.82, 2.24) is 0 Å². The van der Waals surface area contributed by atoms with E-state index in [4.69, 9.17) is 5.73 Å². The summed E-state index contributed by atoms with van der Waals surface area (Å²) in [6.45, 7) is 2.09. The van der Waals surface area contributed by atoms with E-state index in [1.54, 1.807) is 6.07 Å². The molecule has 1 atom stereocenters. The van der Waals surface area contributed by atoms with Gasteiger partial charge in [-0.15, -0.1) is 0 Å². The van der Waals surface area contributed by atoms with E-state index in [-0.39, 0.29) is 6.04 Å². The van der Waals surface area contributed by atoms with E-state index < -0.39 is 0 Å². The SMILES string of the molecule is CCCC(N)c1ccc(I)cc1O. The zero-order valence-electron chi connectivity index (χ0n) is 7.63. The highest BCUT2D eigenvalue weighted by Gasteiger charge is 2.09. The quantitative estimate of drug-likeness (QED) is 0.841. The average molecular weight is 291 g/mol. The molecule has 2 nitrogen and oxygen atoms in total. The van der Waals surface area contributed by atoms with Crippen molar-refractivity contribution in [3.05, 3.63) is 27.3 Å². The second kappa shape index (κ2) is 4.81. The van der Waals surface area contributed by atoms with Crippen molar-refractivity contribution < 1.29 is 5.11 Å². The second-order valence-corrected chi connectivity index (χ2v) is 4.34. The maximum Gasteiger partial charge on any atom is 0.121 e. The summed E-state index contributed by atoms with van der Waals surface area (Å²) >= 11 is 2.17. The first-order valence-corrected chi connectivity index (χ1v) is 5.47. The monoisotopic (exact) mass is 291 g/mol. The summed E-state index contributed by atoms with van der Waals surface area (Å²) in [6, 6.07) is 5.57. The number of hydrogen-bond donors (Lipinski definition) is 2. The van der Waals surface area contributed by atoms with Crippen molar-refractivity contribution in [2.45, 2.75) is 25.8 Å². The largest absolute Gasteiger partial charge is 0.508 e. The van der Waals surface area contributed by atoms with E-state index in [0.29, 0.717) is 5.75 Å². The minimum Gasteiger partial charge on any atom is -0.508 e. The molecule has 0 spiro atoms. The Hall–Kier alpha value is -0.290. The van der Waals surface area contributed by atoms with Gasteiger partial charge in [-0.2, -0.15) is 0 Å². The minimum absolute atomic E-state index is 0.0398. The zero-order valence-corrected chi connectivity index (χ0v) is 9.78. The van der Waals surface area contributed by atoms with Gasteiger partial charge in [0.2, 0.25) is 0 Å². The first-order chi connectivity index (χ1) is 6.15. The third-order valence-electron chi connectivity index (χ3n) is 1.99. The molecule has 0 amide bonds. The van der Waals surface area contributed by atoms with Crippen LogP contribution in [0.25, 0.3) is 0 Å². The van der Waals surface area contributed by atoms with Gasteiger partial charge in [0.1, 0.15) is 5.75 Å². The van der Waals surface area contributed by atoms with Crippen molar-refractivity contribution in [3.8, 4) is 5.75 Å². The summed E-state index contributed by atoms with van der Waals surface area (Å²) in [6.07, 6.45) is 1.95. The van der Waals surface area contributed by atoms with E-state index in [9.17, 15) is 5.11 Å². The molecule has 72 valence electrons. The third kappa shape index (κ3) is 2.84. The van der Waals surface area contributed by atoms with Crippen LogP contribution in [0.4, 0.5) is 0 Å². The van der Waals surface area contributed by atoms with E-state index in [0.717, 1.165) is 22.0 Å². The minimum atomic E-state index is -0.0398. The lowest BCUT2D eigenvalue weighted by Crippen LogP contribution is -2.09. The van der Waals surface area contributed by atoms with Crippen LogP contribution in [0, 0.1) is 3.57 Å². The molecule has 0 bridgehead atoms. The summed E-state index contributed by atoms with van der Waals surface area (Å²) in [5, 5.41) is 9.60. The van der Waals surface area contributed by atoms with Gasteiger partial charge in [0.25, 0.3) is 0 Å². The van der Waals surface area contributed by atoms with Gasteiger partial charge < -0.3 is 10.8 Å². The van der Waals surface area contributed by atoms with Gasteiger partial charge in [-0.1, -0.05) is 19.4 Å². The smallest absolute Gasteiger partial charge is 0.121 e. The molecule has 1 aromatic rings. The van der Waals surface area contributed by atoms with Gasteiger partial charge in [-0.3, -0.25) is 0 Å². The standard InChI is InChI=1S/C10H14INO/c1-2-3-9(12)8-5-4-7(11)6-10(8)13/h4-6,9,13H,2-3,12H2,1H3. The Kier molecular flexibility index (Phi) is 3.99. The Morgan fingerprint density at radius 2 is 2.23 bits per heavy atom. The lowest BCUT2D eigenvalue weighted by molar-refractivity contribution is 0.457. The van der Waals surface area contributed by atoms with Crippen molar-refractivity contribution in [3.63, 3.8) is 0 Å². The first kappa shape index (κ1) is 10.8. The van der Waals surface area contributed by atoms with Crippen molar-refractivity contribution in [2.75, 3.05) is 0 Å². The highest BCUT2D eigenvalue weighted by atomic mass is 127. The summed E-state index contributed by atoms with van der Waals surface area (Å²) in [5.74, 6) is 0.313. The summed E-state index contributed by atoms with van der Waals surface area (Å²) < 4.78 is 1.03. The fourth-order valence-electron chi connectivity index (χ4n) is 1.30. The predicted octanol–water partition coefficient (Wildman–Crippen LogP) is 2.80. The van der Waals surface area contributed by atoms with Gasteiger partial charge in [-0.05, 0) is 41.1 Å². The maximum atomic E-state index is 9.60. The first-order valence-electron chi connectivity index (χ1n) is 4.39. The molecular formula is C10H14INO. The fourth-order valence-corrected chi connectivity index (χ4v) is 1.77. The highest BCUT2D eigenvalue weighted by Crippen LogP contribution is 2.26. The topological polar surface area (TPSA) is 46.2 Å². The number of benzene rings is 1. The number of phenolic OH excluding ortho intramolecular Hbond substituents is 1. The van der Waals surface area contributed by atoms with Crippen LogP contribution in [0.3, 0.4) is 0 Å². The Morgan fingerprint density at radius 1 is 1.54 bits per heavy atom. The molecule has 3 heteroatoms. The van der Waals surface area contributed by atoms with Gasteiger partial charge >= 0.3 is 0 Å². The van der Waals surface area contributed by atoms with Crippen LogP contribution < -0.4 is 5.73 Å². The number of halogens is 1. The van der Waals surface area contributed by atoms with Crippen molar-refractivity contribution in [2.24, 2.45) is 5.73 Å². The molecule has 0 aliphatic rings. The lowest BCUT2D eigenvalue weighted by Gasteiger charge is -2.12. The molecule has 0 aliphatic heterocycles. The van der Waals surface area contributed by atoms with Gasteiger partial charge in [-0.25, -0.2) is 0 Å². The summed E-state index contributed by atoms with van der Waals surface area (Å²) in [5.41, 5.74) is 6.74. The fraction of sp³-hybridized carbons (Fsp3) is 0.400. The Morgan fingerprint density at radius 3 is 2.77 bits per heavy atom. The number of rotatable bonds is 3. The summed E-state index contributed by atoms with van der Waals surface area (Å²) in [4.78, 5) is 0. The van der Waals surface area contributed by atoms with Gasteiger partial charge in [0.05, 0.1) is 0 Å². The second-order valence-electron chi connectivity index (χ2n) is 3.10. The molecule has 0 radical (unpaired) electrons. The molecule has 1 aromatic carbocycles. The molecule has 0 saturated carbocycles. The Balaban J connectivity index is 2.88. The van der Waals surface area contributed by atoms with Gasteiger partial charge in [0, 0.05) is 15.2 Å². The van der Waals surface area contributed by atoms with E-state index in [2.05, 4.69) is 29.5 Å². The molecular weight excluding hydrogens is 277 g/mol. The Bertz CT molecular complexity index is 288. The number of aromatic hydroxyl groups is 1. The lowest BCUT2D eigenvalue weighted by atomic mass is 10.0. The molecule has 0 aromatic heterocycles. The normalized spacial score (nSPS) is 12.8. The van der Waals surface area contributed by atoms with Crippen LogP contribution in [-0.2, 0) is 0 Å². The molecule has 3 N–H and O–H groups in total. The Labute approximate surface area is 92.3 Å². The molecule has 0 heterocycles. The van der Waals surface area contributed by atoms with E-state index >= 15 is 0 Å². The zero-order chi connectivity index (χ0) is 9.84. The van der Waals surface area contributed by atoms with Crippen molar-refractivity contribution in [1.29, 1.82) is 0 Å². The van der Waals surface area contributed by atoms with Crippen LogP contribution in [0.15, 0.2) is 18.2 Å². The maximum absolute atomic E-state index is 9.60. The van der Waals surface area contributed by atoms with Crippen LogP contribution in [0.5, 0.6) is 5.75 Å². The third-order valence-corrected chi connectivity index (χ3v) is 2.66. The van der Waals surface area contributed by atoms with Crippen LogP contribution in [0.1, 0.15) is 31.4 Å². The molecule has 1 rings (SSSR count). The molecule has 13 heavy (non-hydrogen) atoms.